The average Bonchev–Trinajstić information content (AvgIpc) is 2.79. The van der Waals surface area contributed by atoms with Crippen LogP contribution >= 0.6 is 11.3 Å². The van der Waals surface area contributed by atoms with E-state index in [2.05, 4.69) is 10.1 Å². The summed E-state index contributed by atoms with van der Waals surface area (Å²) in [6.07, 6.45) is 4.43. The summed E-state index contributed by atoms with van der Waals surface area (Å²) in [6, 6.07) is -0.00940. The van der Waals surface area contributed by atoms with Crippen molar-refractivity contribution in [1.82, 2.24) is 14.8 Å². The molecule has 0 saturated carbocycles. The van der Waals surface area contributed by atoms with E-state index in [9.17, 15) is 0 Å². The molecule has 0 aliphatic rings. The molecule has 2 N–H and O–H groups in total. The van der Waals surface area contributed by atoms with Gasteiger partial charge in [0, 0.05) is 42.3 Å². The van der Waals surface area contributed by atoms with Crippen LogP contribution in [0.15, 0.2) is 17.8 Å². The first-order valence-corrected chi connectivity index (χ1v) is 5.69. The van der Waals surface area contributed by atoms with Gasteiger partial charge in [-0.2, -0.15) is 5.10 Å². The molecule has 0 amide bonds. The highest BCUT2D eigenvalue weighted by molar-refractivity contribution is 7.09. The largest absolute Gasteiger partial charge is 0.323 e. The Morgan fingerprint density at radius 1 is 1.60 bits per heavy atom. The first-order valence-electron chi connectivity index (χ1n) is 4.81. The van der Waals surface area contributed by atoms with Crippen LogP contribution < -0.4 is 5.73 Å². The number of hydrogen-bond acceptors (Lipinski definition) is 4. The second-order valence-corrected chi connectivity index (χ2v) is 4.52. The van der Waals surface area contributed by atoms with Crippen molar-refractivity contribution in [2.45, 2.75) is 19.4 Å². The Hall–Kier alpha value is -1.20. The highest BCUT2D eigenvalue weighted by atomic mass is 32.1. The molecule has 4 nitrogen and oxygen atoms in total. The fourth-order valence-electron chi connectivity index (χ4n) is 1.53. The summed E-state index contributed by atoms with van der Waals surface area (Å²) in [5.41, 5.74) is 8.34. The highest BCUT2D eigenvalue weighted by Crippen LogP contribution is 2.19. The molecule has 80 valence electrons. The lowest BCUT2D eigenvalue weighted by molar-refractivity contribution is 0.698. The molecular weight excluding hydrogens is 208 g/mol. The number of thiazole rings is 1. The Balaban J connectivity index is 2.14. The van der Waals surface area contributed by atoms with Crippen molar-refractivity contribution in [2.24, 2.45) is 12.8 Å². The van der Waals surface area contributed by atoms with Crippen molar-refractivity contribution >= 4 is 11.3 Å². The zero-order valence-corrected chi connectivity index (χ0v) is 9.66. The quantitative estimate of drug-likeness (QED) is 0.854. The molecule has 15 heavy (non-hydrogen) atoms. The summed E-state index contributed by atoms with van der Waals surface area (Å²) >= 11 is 1.64. The molecule has 2 aromatic heterocycles. The van der Waals surface area contributed by atoms with E-state index in [-0.39, 0.29) is 6.04 Å². The van der Waals surface area contributed by atoms with Crippen LogP contribution in [0.5, 0.6) is 0 Å². The molecule has 2 rings (SSSR count). The zero-order valence-electron chi connectivity index (χ0n) is 8.84. The second-order valence-electron chi connectivity index (χ2n) is 3.55. The molecule has 0 radical (unpaired) electrons. The van der Waals surface area contributed by atoms with E-state index in [0.29, 0.717) is 0 Å². The third kappa shape index (κ3) is 2.08. The lowest BCUT2D eigenvalue weighted by Gasteiger charge is -2.08. The molecule has 2 heterocycles. The number of hydrogen-bond donors (Lipinski definition) is 1. The van der Waals surface area contributed by atoms with Crippen molar-refractivity contribution in [3.63, 3.8) is 0 Å². The van der Waals surface area contributed by atoms with Crippen molar-refractivity contribution < 1.29 is 0 Å². The van der Waals surface area contributed by atoms with Gasteiger partial charge in [-0.1, -0.05) is 0 Å². The van der Waals surface area contributed by atoms with Crippen LogP contribution in [0.3, 0.4) is 0 Å². The monoisotopic (exact) mass is 222 g/mol. The predicted octanol–water partition coefficient (Wildman–Crippen LogP) is 1.43. The Morgan fingerprint density at radius 3 is 2.93 bits per heavy atom. The molecule has 0 aromatic carbocycles. The Kier molecular flexibility index (Phi) is 2.83. The van der Waals surface area contributed by atoms with Gasteiger partial charge < -0.3 is 5.73 Å². The van der Waals surface area contributed by atoms with Gasteiger partial charge in [-0.05, 0) is 6.92 Å². The molecule has 2 aromatic rings. The van der Waals surface area contributed by atoms with Crippen LogP contribution in [0.1, 0.15) is 22.3 Å². The Labute approximate surface area is 92.8 Å². The van der Waals surface area contributed by atoms with Gasteiger partial charge in [-0.3, -0.25) is 4.68 Å². The molecule has 0 aliphatic heterocycles. The van der Waals surface area contributed by atoms with Crippen LogP contribution in [0, 0.1) is 6.92 Å². The Morgan fingerprint density at radius 2 is 2.40 bits per heavy atom. The fourth-order valence-corrected chi connectivity index (χ4v) is 2.21. The summed E-state index contributed by atoms with van der Waals surface area (Å²) < 4.78 is 1.84. The number of nitrogens with zero attached hydrogens (tertiary/aromatic N) is 3. The molecule has 1 atom stereocenters. The van der Waals surface area contributed by atoms with Crippen LogP contribution in [0.25, 0.3) is 0 Å². The SMILES string of the molecule is Cc1c(C(N)Cc2nccs2)cnn1C. The van der Waals surface area contributed by atoms with Crippen molar-refractivity contribution in [2.75, 3.05) is 0 Å². The Bertz CT molecular complexity index is 432. The normalized spacial score (nSPS) is 13.0. The summed E-state index contributed by atoms with van der Waals surface area (Å²) in [7, 11) is 1.93. The van der Waals surface area contributed by atoms with E-state index in [4.69, 9.17) is 5.73 Å². The number of rotatable bonds is 3. The van der Waals surface area contributed by atoms with E-state index < -0.39 is 0 Å². The lowest BCUT2D eigenvalue weighted by atomic mass is 10.1. The first kappa shape index (κ1) is 10.3. The van der Waals surface area contributed by atoms with Crippen molar-refractivity contribution in [3.8, 4) is 0 Å². The third-order valence-electron chi connectivity index (χ3n) is 2.55. The molecule has 0 saturated heterocycles. The van der Waals surface area contributed by atoms with Gasteiger partial charge in [-0.25, -0.2) is 4.98 Å². The average molecular weight is 222 g/mol. The maximum Gasteiger partial charge on any atom is 0.0943 e. The fraction of sp³-hybridized carbons (Fsp3) is 0.400. The van der Waals surface area contributed by atoms with Gasteiger partial charge in [0.2, 0.25) is 0 Å². The minimum atomic E-state index is -0.00940. The predicted molar refractivity (Wildman–Crippen MR) is 60.7 cm³/mol. The number of nitrogens with two attached hydrogens (primary N) is 1. The van der Waals surface area contributed by atoms with Crippen molar-refractivity contribution in [3.05, 3.63) is 34.0 Å². The third-order valence-corrected chi connectivity index (χ3v) is 3.35. The molecule has 0 aliphatic carbocycles. The van der Waals surface area contributed by atoms with Crippen LogP contribution in [0.2, 0.25) is 0 Å². The molecule has 5 heteroatoms. The molecular formula is C10H14N4S. The topological polar surface area (TPSA) is 56.7 Å². The minimum absolute atomic E-state index is 0.00940. The lowest BCUT2D eigenvalue weighted by Crippen LogP contribution is -2.14. The molecule has 0 fully saturated rings. The van der Waals surface area contributed by atoms with E-state index in [1.54, 1.807) is 11.3 Å². The van der Waals surface area contributed by atoms with Gasteiger partial charge in [0.05, 0.1) is 11.2 Å². The highest BCUT2D eigenvalue weighted by Gasteiger charge is 2.13. The van der Waals surface area contributed by atoms with Crippen LogP contribution in [-0.4, -0.2) is 14.8 Å². The van der Waals surface area contributed by atoms with Gasteiger partial charge in [0.15, 0.2) is 0 Å². The van der Waals surface area contributed by atoms with E-state index in [1.165, 1.54) is 0 Å². The van der Waals surface area contributed by atoms with E-state index in [1.807, 2.05) is 36.4 Å². The maximum atomic E-state index is 6.11. The van der Waals surface area contributed by atoms with E-state index >= 15 is 0 Å². The summed E-state index contributed by atoms with van der Waals surface area (Å²) in [6.45, 7) is 2.03. The summed E-state index contributed by atoms with van der Waals surface area (Å²) in [5, 5.41) is 7.23. The maximum absolute atomic E-state index is 6.11. The van der Waals surface area contributed by atoms with E-state index in [0.717, 1.165) is 22.7 Å². The van der Waals surface area contributed by atoms with Gasteiger partial charge in [0.1, 0.15) is 0 Å². The smallest absolute Gasteiger partial charge is 0.0943 e. The number of aryl methyl sites for hydroxylation is 1. The summed E-state index contributed by atoms with van der Waals surface area (Å²) in [4.78, 5) is 4.23. The van der Waals surface area contributed by atoms with Crippen molar-refractivity contribution in [1.29, 1.82) is 0 Å². The standard InChI is InChI=1S/C10H14N4S/c1-7-8(6-13-14(7)2)9(11)5-10-12-3-4-15-10/h3-4,6,9H,5,11H2,1-2H3. The van der Waals surface area contributed by atoms with Gasteiger partial charge >= 0.3 is 0 Å². The van der Waals surface area contributed by atoms with Gasteiger partial charge in [-0.15, -0.1) is 11.3 Å². The zero-order chi connectivity index (χ0) is 10.8. The minimum Gasteiger partial charge on any atom is -0.323 e. The molecule has 1 unspecified atom stereocenters. The van der Waals surface area contributed by atoms with Crippen LogP contribution in [-0.2, 0) is 13.5 Å². The molecule has 0 spiro atoms. The first-order chi connectivity index (χ1) is 7.18. The number of aromatic nitrogens is 3. The molecule has 0 bridgehead atoms. The summed E-state index contributed by atoms with van der Waals surface area (Å²) in [5.74, 6) is 0. The van der Waals surface area contributed by atoms with Gasteiger partial charge in [0.25, 0.3) is 0 Å². The second kappa shape index (κ2) is 4.12. The van der Waals surface area contributed by atoms with Crippen LogP contribution in [0.4, 0.5) is 0 Å².